The van der Waals surface area contributed by atoms with Gasteiger partial charge >= 0.3 is 33.6 Å². The molecule has 0 heterocycles. The van der Waals surface area contributed by atoms with Crippen molar-refractivity contribution in [2.75, 3.05) is 39.6 Å². The van der Waals surface area contributed by atoms with Crippen molar-refractivity contribution in [2.24, 2.45) is 0 Å². The van der Waals surface area contributed by atoms with E-state index in [0.29, 0.717) is 19.3 Å². The highest BCUT2D eigenvalue weighted by Crippen LogP contribution is 2.45. The van der Waals surface area contributed by atoms with Crippen LogP contribution in [0.5, 0.6) is 0 Å². The predicted molar refractivity (Wildman–Crippen MR) is 426 cm³/mol. The molecular weight excluding hydrogens is 1340 g/mol. The van der Waals surface area contributed by atoms with Crippen molar-refractivity contribution in [1.82, 2.24) is 0 Å². The van der Waals surface area contributed by atoms with Gasteiger partial charge in [-0.3, -0.25) is 32.5 Å². The third kappa shape index (κ3) is 78.6. The van der Waals surface area contributed by atoms with Crippen LogP contribution in [0.4, 0.5) is 0 Å². The molecule has 103 heavy (non-hydrogen) atoms. The Morgan fingerprint density at radius 2 is 0.515 bits per heavy atom. The molecule has 0 aliphatic rings. The van der Waals surface area contributed by atoms with Crippen molar-refractivity contribution in [3.8, 4) is 0 Å². The number of hydrogen-bond donors (Lipinski definition) is 4. The molecule has 0 bridgehead atoms. The number of phosphoric acid groups is 2. The Morgan fingerprint density at radius 1 is 0.282 bits per heavy atom. The number of esters is 3. The van der Waals surface area contributed by atoms with Crippen LogP contribution in [0.15, 0.2) is 134 Å². The third-order valence-corrected chi connectivity index (χ3v) is 18.8. The number of aliphatic hydroxyl groups is 2. The lowest BCUT2D eigenvalue weighted by Gasteiger charge is -2.21. The summed E-state index contributed by atoms with van der Waals surface area (Å²) in [6.07, 6.45) is 93.6. The van der Waals surface area contributed by atoms with Gasteiger partial charge in [0.25, 0.3) is 0 Å². The highest BCUT2D eigenvalue weighted by molar-refractivity contribution is 7.47. The largest absolute Gasteiger partial charge is 0.472 e. The minimum atomic E-state index is -4.93. The summed E-state index contributed by atoms with van der Waals surface area (Å²) in [7, 11) is -9.79. The van der Waals surface area contributed by atoms with E-state index in [4.69, 9.17) is 32.3 Å². The van der Waals surface area contributed by atoms with Crippen molar-refractivity contribution in [3.63, 3.8) is 0 Å². The van der Waals surface area contributed by atoms with Crippen LogP contribution in [0, 0.1) is 0 Å². The minimum absolute atomic E-state index is 0.0994. The summed E-state index contributed by atoms with van der Waals surface area (Å²) in [5.41, 5.74) is 0. The zero-order chi connectivity index (χ0) is 75.2. The Balaban J connectivity index is 4.48. The van der Waals surface area contributed by atoms with Crippen LogP contribution >= 0.6 is 15.6 Å². The molecule has 592 valence electrons. The number of aliphatic hydroxyl groups excluding tert-OH is 2. The molecule has 0 saturated heterocycles. The van der Waals surface area contributed by atoms with Crippen LogP contribution in [-0.2, 0) is 55.8 Å². The van der Waals surface area contributed by atoms with Crippen molar-refractivity contribution < 1.29 is 75.8 Å². The first-order valence-electron chi connectivity index (χ1n) is 40.5. The summed E-state index contributed by atoms with van der Waals surface area (Å²) in [4.78, 5) is 58.6. The van der Waals surface area contributed by atoms with E-state index < -0.39 is 91.5 Å². The molecule has 4 N–H and O–H groups in total. The molecule has 0 spiro atoms. The molecule has 0 rings (SSSR count). The summed E-state index contributed by atoms with van der Waals surface area (Å²) in [6, 6.07) is 0. The number of rotatable bonds is 76. The van der Waals surface area contributed by atoms with Gasteiger partial charge in [0, 0.05) is 19.3 Å². The third-order valence-electron chi connectivity index (χ3n) is 16.9. The quantitative estimate of drug-likeness (QED) is 0.0146. The topological polar surface area (TPSA) is 231 Å². The highest BCUT2D eigenvalue weighted by Gasteiger charge is 2.29. The second-order valence-corrected chi connectivity index (χ2v) is 29.7. The fourth-order valence-electron chi connectivity index (χ4n) is 10.8. The molecule has 0 aromatic carbocycles. The van der Waals surface area contributed by atoms with Gasteiger partial charge in [-0.15, -0.1) is 0 Å². The van der Waals surface area contributed by atoms with Gasteiger partial charge in [-0.1, -0.05) is 328 Å². The Hall–Kier alpha value is -4.31. The fourth-order valence-corrected chi connectivity index (χ4v) is 12.4. The van der Waals surface area contributed by atoms with Gasteiger partial charge in [0.1, 0.15) is 25.4 Å². The Kier molecular flexibility index (Phi) is 74.1. The van der Waals surface area contributed by atoms with Crippen LogP contribution in [0.1, 0.15) is 329 Å². The van der Waals surface area contributed by atoms with Crippen LogP contribution < -0.4 is 0 Å². The molecule has 0 radical (unpaired) electrons. The number of allylic oxidation sites excluding steroid dienone is 22. The average molecular weight is 1490 g/mol. The van der Waals surface area contributed by atoms with Gasteiger partial charge in [-0.05, 0) is 116 Å². The van der Waals surface area contributed by atoms with Gasteiger partial charge in [0.2, 0.25) is 0 Å². The zero-order valence-corrected chi connectivity index (χ0v) is 66.5. The highest BCUT2D eigenvalue weighted by atomic mass is 31.2. The van der Waals surface area contributed by atoms with Crippen molar-refractivity contribution >= 4 is 33.6 Å². The maximum atomic E-state index is 13.0. The smallest absolute Gasteiger partial charge is 0.463 e. The van der Waals surface area contributed by atoms with E-state index in [9.17, 15) is 43.5 Å². The summed E-state index contributed by atoms with van der Waals surface area (Å²) >= 11 is 0. The van der Waals surface area contributed by atoms with Gasteiger partial charge in [0.05, 0.1) is 26.4 Å². The lowest BCUT2D eigenvalue weighted by atomic mass is 10.0. The van der Waals surface area contributed by atoms with Crippen molar-refractivity contribution in [3.05, 3.63) is 134 Å². The maximum absolute atomic E-state index is 13.0. The molecular formula is C85H146O16P2. The summed E-state index contributed by atoms with van der Waals surface area (Å²) in [6.45, 7) is 2.44. The summed E-state index contributed by atoms with van der Waals surface area (Å²) < 4.78 is 61.1. The van der Waals surface area contributed by atoms with Gasteiger partial charge in [-0.2, -0.15) is 0 Å². The van der Waals surface area contributed by atoms with Gasteiger partial charge in [-0.25, -0.2) is 9.13 Å². The van der Waals surface area contributed by atoms with Crippen molar-refractivity contribution in [2.45, 2.75) is 347 Å². The van der Waals surface area contributed by atoms with E-state index in [-0.39, 0.29) is 19.3 Å². The maximum Gasteiger partial charge on any atom is 0.472 e. The van der Waals surface area contributed by atoms with Crippen molar-refractivity contribution in [1.29, 1.82) is 0 Å². The molecule has 5 atom stereocenters. The normalized spacial score (nSPS) is 14.7. The Labute approximate surface area is 626 Å². The number of unbranched alkanes of at least 4 members (excludes halogenated alkanes) is 31. The average Bonchev–Trinajstić information content (AvgIpc) is 0.947. The van der Waals surface area contributed by atoms with E-state index in [2.05, 4.69) is 154 Å². The number of carbonyl (C=O) groups is 3. The standard InChI is InChI=1S/C85H146O16P2/c1-4-7-10-13-16-19-22-25-27-29-31-33-35-36-37-38-39-40-41-42-44-46-47-49-51-54-56-59-62-65-68-71-83(88)95-74-80(86)75-97-102(91,92)98-76-81(87)77-99-103(93,94)100-79-82(101-85(90)73-70-67-64-61-58-53-24-21-18-15-12-9-6-3)78-96-84(89)72-69-66-63-60-57-55-52-50-48-45-43-34-32-30-28-26-23-20-17-14-11-8-5-2/h7-8,10-11,16-17,19-20,25-28,31-34,36-37,45,48,52,55,80-82,86-87H,4-6,9,12-15,18,21-24,29-30,35,38-44,46-47,49-51,53-54,56-79H2,1-3H3,(H,91,92)(H,93,94)/b10-7-,11-8-,19-16-,20-17-,27-25-,28-26-,33-31-,34-32-,37-36-,48-45-,55-52-. The SMILES string of the molecule is CC/C=C\C/C=C\C/C=C\C/C=C\C/C=C\C/C=C\CCCCCCC(=O)OCC(COP(=O)(O)OCC(O)COP(=O)(O)OCC(O)COC(=O)CCCCCCCCCCCCCCCCC/C=C\C/C=C\C/C=C\C/C=C\C/C=C\CC)OC(=O)CCCCCCCCCCCCCCC. The van der Waals surface area contributed by atoms with Crippen LogP contribution in [0.25, 0.3) is 0 Å². The number of phosphoric ester groups is 2. The fraction of sp³-hybridized carbons (Fsp3) is 0.706. The predicted octanol–water partition coefficient (Wildman–Crippen LogP) is 23.9. The molecule has 0 aliphatic heterocycles. The second-order valence-electron chi connectivity index (χ2n) is 26.8. The number of ether oxygens (including phenoxy) is 3. The first kappa shape index (κ1) is 98.7. The lowest BCUT2D eigenvalue weighted by molar-refractivity contribution is -0.161. The Morgan fingerprint density at radius 3 is 0.816 bits per heavy atom. The van der Waals surface area contributed by atoms with Gasteiger partial charge < -0.3 is 34.2 Å². The van der Waals surface area contributed by atoms with E-state index in [1.165, 1.54) is 128 Å². The molecule has 0 amide bonds. The number of carbonyl (C=O) groups excluding carboxylic acids is 3. The first-order chi connectivity index (χ1) is 50.2. The zero-order valence-electron chi connectivity index (χ0n) is 64.7. The van der Waals surface area contributed by atoms with E-state index >= 15 is 0 Å². The lowest BCUT2D eigenvalue weighted by Crippen LogP contribution is -2.30. The monoisotopic (exact) mass is 1490 g/mol. The molecule has 5 unspecified atom stereocenters. The molecule has 0 aromatic heterocycles. The van der Waals surface area contributed by atoms with E-state index in [0.717, 1.165) is 141 Å². The van der Waals surface area contributed by atoms with Crippen LogP contribution in [0.2, 0.25) is 0 Å². The van der Waals surface area contributed by atoms with Gasteiger partial charge in [0.15, 0.2) is 6.10 Å². The second kappa shape index (κ2) is 77.3. The molecule has 18 heteroatoms. The molecule has 0 aliphatic carbocycles. The summed E-state index contributed by atoms with van der Waals surface area (Å²) in [5.74, 6) is -1.60. The number of hydrogen-bond acceptors (Lipinski definition) is 14. The molecule has 0 saturated carbocycles. The van der Waals surface area contributed by atoms with Crippen LogP contribution in [0.3, 0.4) is 0 Å². The Bertz CT molecular complexity index is 2410. The minimum Gasteiger partial charge on any atom is -0.463 e. The van der Waals surface area contributed by atoms with E-state index in [1.54, 1.807) is 0 Å². The molecule has 0 aromatic rings. The molecule has 16 nitrogen and oxygen atoms in total. The van der Waals surface area contributed by atoms with Crippen LogP contribution in [-0.4, -0.2) is 95.9 Å². The summed E-state index contributed by atoms with van der Waals surface area (Å²) in [5, 5.41) is 20.6. The first-order valence-corrected chi connectivity index (χ1v) is 43.5. The molecule has 0 fully saturated rings. The van der Waals surface area contributed by atoms with E-state index in [1.807, 2.05) is 0 Å².